The van der Waals surface area contributed by atoms with Crippen molar-refractivity contribution in [2.75, 3.05) is 0 Å². The molecular formula is C12H11F2N3O. The maximum absolute atomic E-state index is 13.1. The molecule has 2 rings (SSSR count). The van der Waals surface area contributed by atoms with Gasteiger partial charge in [-0.3, -0.25) is 4.79 Å². The minimum Gasteiger partial charge on any atom is -0.369 e. The Morgan fingerprint density at radius 1 is 1.33 bits per heavy atom. The first-order valence-corrected chi connectivity index (χ1v) is 5.27. The first-order chi connectivity index (χ1) is 8.47. The second-order valence-corrected chi connectivity index (χ2v) is 3.97. The highest BCUT2D eigenvalue weighted by atomic mass is 19.1. The standard InChI is InChI=1S/C12H11F2N3O/c1-7(12(15)18)8-5-16-17(6-8)11-3-9(13)2-10(14)4-11/h2-7H,1H3,(H2,15,18)/t7-/m1/s1. The normalized spacial score (nSPS) is 12.4. The second kappa shape index (κ2) is 4.56. The molecule has 2 N–H and O–H groups in total. The summed E-state index contributed by atoms with van der Waals surface area (Å²) >= 11 is 0. The predicted octanol–water partition coefficient (Wildman–Crippen LogP) is 1.74. The molecule has 0 aliphatic carbocycles. The van der Waals surface area contributed by atoms with Crippen LogP contribution in [0.4, 0.5) is 8.78 Å². The van der Waals surface area contributed by atoms with Gasteiger partial charge in [-0.2, -0.15) is 5.10 Å². The molecule has 1 amide bonds. The molecule has 2 aromatic rings. The third kappa shape index (κ3) is 2.37. The fourth-order valence-corrected chi connectivity index (χ4v) is 1.54. The van der Waals surface area contributed by atoms with Crippen LogP contribution in [-0.2, 0) is 4.79 Å². The van der Waals surface area contributed by atoms with Gasteiger partial charge in [0, 0.05) is 17.8 Å². The maximum atomic E-state index is 13.1. The third-order valence-electron chi connectivity index (χ3n) is 2.64. The number of carbonyl (C=O) groups excluding carboxylic acids is 1. The van der Waals surface area contributed by atoms with Gasteiger partial charge in [0.05, 0.1) is 17.8 Å². The van der Waals surface area contributed by atoms with Gasteiger partial charge in [-0.1, -0.05) is 0 Å². The van der Waals surface area contributed by atoms with Crippen molar-refractivity contribution in [2.24, 2.45) is 5.73 Å². The van der Waals surface area contributed by atoms with Crippen molar-refractivity contribution in [2.45, 2.75) is 12.8 Å². The highest BCUT2D eigenvalue weighted by molar-refractivity contribution is 5.81. The molecule has 0 aliphatic heterocycles. The molecule has 4 nitrogen and oxygen atoms in total. The lowest BCUT2D eigenvalue weighted by Crippen LogP contribution is -2.18. The lowest BCUT2D eigenvalue weighted by molar-refractivity contribution is -0.119. The molecule has 0 fully saturated rings. The van der Waals surface area contributed by atoms with Crippen LogP contribution >= 0.6 is 0 Å². The molecule has 1 heterocycles. The van der Waals surface area contributed by atoms with Crippen LogP contribution in [0.25, 0.3) is 5.69 Å². The van der Waals surface area contributed by atoms with E-state index in [1.165, 1.54) is 17.1 Å². The quantitative estimate of drug-likeness (QED) is 0.903. The fraction of sp³-hybridized carbons (Fsp3) is 0.167. The molecule has 0 unspecified atom stereocenters. The number of aromatic nitrogens is 2. The molecule has 0 saturated carbocycles. The monoisotopic (exact) mass is 251 g/mol. The number of nitrogens with zero attached hydrogens (tertiary/aromatic N) is 2. The summed E-state index contributed by atoms with van der Waals surface area (Å²) in [6.45, 7) is 1.63. The SMILES string of the molecule is C[C@@H](C(N)=O)c1cnn(-c2cc(F)cc(F)c2)c1. The average molecular weight is 251 g/mol. The van der Waals surface area contributed by atoms with E-state index in [2.05, 4.69) is 5.10 Å². The summed E-state index contributed by atoms with van der Waals surface area (Å²) < 4.78 is 27.4. The van der Waals surface area contributed by atoms with E-state index in [9.17, 15) is 13.6 Å². The van der Waals surface area contributed by atoms with Crippen LogP contribution in [0.1, 0.15) is 18.4 Å². The summed E-state index contributed by atoms with van der Waals surface area (Å²) in [5.41, 5.74) is 6.00. The smallest absolute Gasteiger partial charge is 0.224 e. The number of amides is 1. The number of carbonyl (C=O) groups is 1. The minimum absolute atomic E-state index is 0.246. The molecule has 1 atom stereocenters. The number of primary amides is 1. The average Bonchev–Trinajstić information content (AvgIpc) is 2.75. The summed E-state index contributed by atoms with van der Waals surface area (Å²) in [7, 11) is 0. The van der Waals surface area contributed by atoms with Crippen LogP contribution in [0.3, 0.4) is 0 Å². The van der Waals surface area contributed by atoms with Crippen LogP contribution in [0.5, 0.6) is 0 Å². The van der Waals surface area contributed by atoms with Gasteiger partial charge in [0.1, 0.15) is 11.6 Å². The van der Waals surface area contributed by atoms with Crippen LogP contribution < -0.4 is 5.73 Å². The Labute approximate surface area is 102 Å². The van der Waals surface area contributed by atoms with Gasteiger partial charge >= 0.3 is 0 Å². The molecule has 0 spiro atoms. The number of nitrogens with two attached hydrogens (primary N) is 1. The lowest BCUT2D eigenvalue weighted by Gasteiger charge is -2.03. The first-order valence-electron chi connectivity index (χ1n) is 5.27. The summed E-state index contributed by atoms with van der Waals surface area (Å²) in [5.74, 6) is -2.37. The Bertz CT molecular complexity index is 575. The Hall–Kier alpha value is -2.24. The Balaban J connectivity index is 2.37. The molecular weight excluding hydrogens is 240 g/mol. The van der Waals surface area contributed by atoms with Crippen LogP contribution in [0, 0.1) is 11.6 Å². The Morgan fingerprint density at radius 2 is 1.94 bits per heavy atom. The van der Waals surface area contributed by atoms with Gasteiger partial charge in [0.25, 0.3) is 0 Å². The number of hydrogen-bond donors (Lipinski definition) is 1. The molecule has 18 heavy (non-hydrogen) atoms. The molecule has 1 aromatic heterocycles. The Morgan fingerprint density at radius 3 is 2.50 bits per heavy atom. The van der Waals surface area contributed by atoms with E-state index in [0.717, 1.165) is 18.2 Å². The van der Waals surface area contributed by atoms with E-state index in [0.29, 0.717) is 5.56 Å². The molecule has 0 saturated heterocycles. The Kier molecular flexibility index (Phi) is 3.10. The number of halogens is 2. The van der Waals surface area contributed by atoms with E-state index < -0.39 is 23.5 Å². The fourth-order valence-electron chi connectivity index (χ4n) is 1.54. The molecule has 1 aromatic carbocycles. The van der Waals surface area contributed by atoms with E-state index in [1.807, 2.05) is 0 Å². The maximum Gasteiger partial charge on any atom is 0.224 e. The van der Waals surface area contributed by atoms with Gasteiger partial charge in [-0.05, 0) is 19.1 Å². The van der Waals surface area contributed by atoms with Crippen molar-refractivity contribution in [3.05, 3.63) is 47.8 Å². The highest BCUT2D eigenvalue weighted by Gasteiger charge is 2.14. The van der Waals surface area contributed by atoms with Crippen LogP contribution in [0.15, 0.2) is 30.6 Å². The number of benzene rings is 1. The second-order valence-electron chi connectivity index (χ2n) is 3.97. The van der Waals surface area contributed by atoms with Crippen molar-refractivity contribution in [3.63, 3.8) is 0 Å². The minimum atomic E-state index is -0.690. The highest BCUT2D eigenvalue weighted by Crippen LogP contribution is 2.17. The van der Waals surface area contributed by atoms with Gasteiger partial charge in [0.2, 0.25) is 5.91 Å². The topological polar surface area (TPSA) is 60.9 Å². The van der Waals surface area contributed by atoms with Gasteiger partial charge < -0.3 is 5.73 Å². The molecule has 0 bridgehead atoms. The molecule has 94 valence electrons. The zero-order chi connectivity index (χ0) is 13.3. The van der Waals surface area contributed by atoms with Gasteiger partial charge in [-0.25, -0.2) is 13.5 Å². The molecule has 0 radical (unpaired) electrons. The van der Waals surface area contributed by atoms with Crippen molar-refractivity contribution in [1.29, 1.82) is 0 Å². The van der Waals surface area contributed by atoms with E-state index >= 15 is 0 Å². The van der Waals surface area contributed by atoms with Crippen molar-refractivity contribution in [1.82, 2.24) is 9.78 Å². The van der Waals surface area contributed by atoms with E-state index in [1.54, 1.807) is 6.92 Å². The summed E-state index contributed by atoms with van der Waals surface area (Å²) in [6.07, 6.45) is 2.96. The van der Waals surface area contributed by atoms with Gasteiger partial charge in [0.15, 0.2) is 0 Å². The van der Waals surface area contributed by atoms with Crippen molar-refractivity contribution < 1.29 is 13.6 Å². The van der Waals surface area contributed by atoms with E-state index in [-0.39, 0.29) is 5.69 Å². The zero-order valence-corrected chi connectivity index (χ0v) is 9.60. The van der Waals surface area contributed by atoms with Crippen molar-refractivity contribution >= 4 is 5.91 Å². The number of hydrogen-bond acceptors (Lipinski definition) is 2. The zero-order valence-electron chi connectivity index (χ0n) is 9.60. The predicted molar refractivity (Wildman–Crippen MR) is 61.1 cm³/mol. The van der Waals surface area contributed by atoms with Crippen LogP contribution in [0.2, 0.25) is 0 Å². The summed E-state index contributed by atoms with van der Waals surface area (Å²) in [6, 6.07) is 3.07. The van der Waals surface area contributed by atoms with Crippen LogP contribution in [-0.4, -0.2) is 15.7 Å². The number of rotatable bonds is 3. The largest absolute Gasteiger partial charge is 0.369 e. The lowest BCUT2D eigenvalue weighted by atomic mass is 10.1. The van der Waals surface area contributed by atoms with Crippen molar-refractivity contribution in [3.8, 4) is 5.69 Å². The summed E-state index contributed by atoms with van der Waals surface area (Å²) in [5, 5.41) is 3.95. The summed E-state index contributed by atoms with van der Waals surface area (Å²) in [4.78, 5) is 11.0. The van der Waals surface area contributed by atoms with Gasteiger partial charge in [-0.15, -0.1) is 0 Å². The van der Waals surface area contributed by atoms with E-state index in [4.69, 9.17) is 5.73 Å². The third-order valence-corrected chi connectivity index (χ3v) is 2.64. The molecule has 0 aliphatic rings. The first kappa shape index (κ1) is 12.2. The molecule has 6 heteroatoms.